The van der Waals surface area contributed by atoms with E-state index < -0.39 is 0 Å². The molecular weight excluding hydrogens is 292 g/mol. The lowest BCUT2D eigenvalue weighted by molar-refractivity contribution is -0.00274. The van der Waals surface area contributed by atoms with Crippen LogP contribution >= 0.6 is 0 Å². The van der Waals surface area contributed by atoms with Gasteiger partial charge in [0.1, 0.15) is 11.3 Å². The lowest BCUT2D eigenvalue weighted by Crippen LogP contribution is -2.43. The molecular formula is C19H22O4. The Morgan fingerprint density at radius 1 is 1.22 bits per heavy atom. The maximum atomic E-state index is 11.4. The monoisotopic (exact) mass is 314 g/mol. The van der Waals surface area contributed by atoms with E-state index in [2.05, 4.69) is 20.8 Å². The van der Waals surface area contributed by atoms with Crippen molar-refractivity contribution >= 4 is 11.0 Å². The van der Waals surface area contributed by atoms with E-state index in [1.54, 1.807) is 12.1 Å². The fourth-order valence-corrected chi connectivity index (χ4v) is 4.35. The Hall–Kier alpha value is -1.81. The molecule has 0 saturated carbocycles. The zero-order valence-electron chi connectivity index (χ0n) is 13.8. The Morgan fingerprint density at radius 3 is 2.74 bits per heavy atom. The van der Waals surface area contributed by atoms with Crippen LogP contribution in [0.4, 0.5) is 0 Å². The van der Waals surface area contributed by atoms with Gasteiger partial charge in [-0.3, -0.25) is 0 Å². The van der Waals surface area contributed by atoms with Crippen LogP contribution in [-0.4, -0.2) is 18.3 Å². The van der Waals surface area contributed by atoms with Crippen LogP contribution in [0.25, 0.3) is 11.0 Å². The smallest absolute Gasteiger partial charge is 0.336 e. The summed E-state index contributed by atoms with van der Waals surface area (Å²) in [5.74, 6) is 1.08. The molecule has 122 valence electrons. The largest absolute Gasteiger partial charge is 0.493 e. The van der Waals surface area contributed by atoms with Gasteiger partial charge in [-0.1, -0.05) is 13.8 Å². The second-order valence-electron chi connectivity index (χ2n) is 7.60. The SMILES string of the molecule is CC1(C)[C@@H](COc2ccc3ccc(=O)oc3c2)[C@]2(C)CC[C@H]1O2. The van der Waals surface area contributed by atoms with Crippen molar-refractivity contribution in [3.8, 4) is 5.75 Å². The van der Waals surface area contributed by atoms with Crippen LogP contribution in [0.2, 0.25) is 0 Å². The van der Waals surface area contributed by atoms with Gasteiger partial charge >= 0.3 is 5.63 Å². The summed E-state index contributed by atoms with van der Waals surface area (Å²) in [5, 5.41) is 0.896. The number of fused-ring (bicyclic) bond motifs is 3. The van der Waals surface area contributed by atoms with Gasteiger partial charge < -0.3 is 13.9 Å². The molecule has 4 nitrogen and oxygen atoms in total. The highest BCUT2D eigenvalue weighted by Gasteiger charge is 2.61. The number of rotatable bonds is 3. The first-order chi connectivity index (χ1) is 10.9. The quantitative estimate of drug-likeness (QED) is 0.809. The molecule has 0 N–H and O–H groups in total. The van der Waals surface area contributed by atoms with Gasteiger partial charge in [0.2, 0.25) is 0 Å². The van der Waals surface area contributed by atoms with Gasteiger partial charge in [0.05, 0.1) is 18.3 Å². The summed E-state index contributed by atoms with van der Waals surface area (Å²) in [7, 11) is 0. The number of ether oxygens (including phenoxy) is 2. The molecule has 0 aliphatic carbocycles. The summed E-state index contributed by atoms with van der Waals surface area (Å²) in [6.45, 7) is 7.36. The highest BCUT2D eigenvalue weighted by Crippen LogP contribution is 2.57. The first kappa shape index (κ1) is 14.8. The van der Waals surface area contributed by atoms with Crippen LogP contribution in [0.3, 0.4) is 0 Å². The Morgan fingerprint density at radius 2 is 2.00 bits per heavy atom. The second kappa shape index (κ2) is 4.84. The van der Waals surface area contributed by atoms with Crippen molar-refractivity contribution in [3.05, 3.63) is 40.8 Å². The molecule has 0 spiro atoms. The standard InChI is InChI=1S/C19H22O4/c1-18(2)15(19(3)9-8-16(18)23-19)11-21-13-6-4-12-5-7-17(20)22-14(12)10-13/h4-7,10,15-16H,8-9,11H2,1-3H3/t15-,16-,19+/m1/s1. The highest BCUT2D eigenvalue weighted by atomic mass is 16.5. The minimum absolute atomic E-state index is 0.0857. The number of hydrogen-bond donors (Lipinski definition) is 0. The number of benzene rings is 1. The van der Waals surface area contributed by atoms with Crippen molar-refractivity contribution in [1.29, 1.82) is 0 Å². The van der Waals surface area contributed by atoms with E-state index in [1.165, 1.54) is 6.07 Å². The van der Waals surface area contributed by atoms with Crippen LogP contribution in [-0.2, 0) is 4.74 Å². The Bertz CT molecular complexity index is 802. The molecule has 0 amide bonds. The van der Waals surface area contributed by atoms with E-state index in [0.717, 1.165) is 24.0 Å². The van der Waals surface area contributed by atoms with Crippen LogP contribution in [0, 0.1) is 11.3 Å². The highest BCUT2D eigenvalue weighted by molar-refractivity contribution is 5.77. The van der Waals surface area contributed by atoms with Crippen LogP contribution < -0.4 is 10.4 Å². The Balaban J connectivity index is 1.56. The lowest BCUT2D eigenvalue weighted by atomic mass is 9.64. The van der Waals surface area contributed by atoms with Gasteiger partial charge in [-0.2, -0.15) is 0 Å². The van der Waals surface area contributed by atoms with Gasteiger partial charge in [-0.25, -0.2) is 4.79 Å². The third-order valence-electron chi connectivity index (χ3n) is 5.79. The van der Waals surface area contributed by atoms with E-state index in [1.807, 2.05) is 12.1 Å². The minimum atomic E-state index is -0.343. The van der Waals surface area contributed by atoms with E-state index in [4.69, 9.17) is 13.9 Å². The topological polar surface area (TPSA) is 48.7 Å². The van der Waals surface area contributed by atoms with E-state index in [9.17, 15) is 4.79 Å². The van der Waals surface area contributed by atoms with Crippen LogP contribution in [0.5, 0.6) is 5.75 Å². The van der Waals surface area contributed by atoms with E-state index in [-0.39, 0.29) is 16.6 Å². The fraction of sp³-hybridized carbons (Fsp3) is 0.526. The molecule has 4 rings (SSSR count). The lowest BCUT2D eigenvalue weighted by Gasteiger charge is -2.38. The molecule has 3 atom stereocenters. The molecule has 2 aliphatic rings. The molecule has 0 radical (unpaired) electrons. The molecule has 0 unspecified atom stereocenters. The maximum Gasteiger partial charge on any atom is 0.336 e. The maximum absolute atomic E-state index is 11.4. The van der Waals surface area contributed by atoms with Gasteiger partial charge in [0.25, 0.3) is 0 Å². The normalized spacial score (nSPS) is 31.6. The van der Waals surface area contributed by atoms with Crippen molar-refractivity contribution in [2.75, 3.05) is 6.61 Å². The average molecular weight is 314 g/mol. The summed E-state index contributed by atoms with van der Waals surface area (Å²) >= 11 is 0. The van der Waals surface area contributed by atoms with Crippen molar-refractivity contribution in [3.63, 3.8) is 0 Å². The van der Waals surface area contributed by atoms with Crippen molar-refractivity contribution in [1.82, 2.24) is 0 Å². The summed E-state index contributed by atoms with van der Waals surface area (Å²) < 4.78 is 17.5. The van der Waals surface area contributed by atoms with Crippen LogP contribution in [0.15, 0.2) is 39.5 Å². The molecule has 2 bridgehead atoms. The molecule has 3 heterocycles. The molecule has 1 aromatic heterocycles. The number of hydrogen-bond acceptors (Lipinski definition) is 4. The van der Waals surface area contributed by atoms with Crippen molar-refractivity contribution < 1.29 is 13.9 Å². The molecule has 1 aromatic carbocycles. The Labute approximate surface area is 135 Å². The minimum Gasteiger partial charge on any atom is -0.493 e. The van der Waals surface area contributed by atoms with Crippen LogP contribution in [0.1, 0.15) is 33.6 Å². The summed E-state index contributed by atoms with van der Waals surface area (Å²) in [5.41, 5.74) is 0.253. The molecule has 2 saturated heterocycles. The van der Waals surface area contributed by atoms with Crippen molar-refractivity contribution in [2.24, 2.45) is 11.3 Å². The van der Waals surface area contributed by atoms with Gasteiger partial charge in [0.15, 0.2) is 0 Å². The zero-order chi connectivity index (χ0) is 16.2. The predicted molar refractivity (Wildman–Crippen MR) is 87.8 cm³/mol. The summed E-state index contributed by atoms with van der Waals surface area (Å²) in [6.07, 6.45) is 2.57. The average Bonchev–Trinajstić information content (AvgIpc) is 2.97. The molecule has 2 aliphatic heterocycles. The van der Waals surface area contributed by atoms with Gasteiger partial charge in [-0.15, -0.1) is 0 Å². The third kappa shape index (κ3) is 2.27. The third-order valence-corrected chi connectivity index (χ3v) is 5.79. The Kier molecular flexibility index (Phi) is 3.11. The molecule has 23 heavy (non-hydrogen) atoms. The molecule has 2 fully saturated rings. The second-order valence-corrected chi connectivity index (χ2v) is 7.60. The first-order valence-electron chi connectivity index (χ1n) is 8.23. The molecule has 2 aromatic rings. The van der Waals surface area contributed by atoms with Gasteiger partial charge in [0, 0.05) is 23.4 Å². The van der Waals surface area contributed by atoms with Crippen molar-refractivity contribution in [2.45, 2.75) is 45.3 Å². The fourth-order valence-electron chi connectivity index (χ4n) is 4.35. The first-order valence-corrected chi connectivity index (χ1v) is 8.23. The van der Waals surface area contributed by atoms with Gasteiger partial charge in [-0.05, 0) is 43.4 Å². The van der Waals surface area contributed by atoms with E-state index in [0.29, 0.717) is 24.2 Å². The molecule has 4 heteroatoms. The van der Waals surface area contributed by atoms with E-state index >= 15 is 0 Å². The predicted octanol–water partition coefficient (Wildman–Crippen LogP) is 3.77. The zero-order valence-corrected chi connectivity index (χ0v) is 13.8. The summed E-state index contributed by atoms with van der Waals surface area (Å²) in [6, 6.07) is 8.82. The summed E-state index contributed by atoms with van der Waals surface area (Å²) in [4.78, 5) is 11.4.